The average molecular weight is 446 g/mol. The first-order valence-electron chi connectivity index (χ1n) is 12.0. The van der Waals surface area contributed by atoms with Gasteiger partial charge in [-0.1, -0.05) is 6.92 Å². The molecule has 2 N–H and O–H groups in total. The average Bonchev–Trinajstić information content (AvgIpc) is 3.25. The van der Waals surface area contributed by atoms with Gasteiger partial charge in [0.05, 0.1) is 29.8 Å². The number of likely N-dealkylation sites (tertiary alicyclic amines) is 1. The van der Waals surface area contributed by atoms with Gasteiger partial charge in [-0.15, -0.1) is 11.8 Å². The predicted octanol–water partition coefficient (Wildman–Crippen LogP) is 2.87. The first kappa shape index (κ1) is 21.4. The Morgan fingerprint density at radius 1 is 1.19 bits per heavy atom. The van der Waals surface area contributed by atoms with Crippen molar-refractivity contribution in [2.24, 2.45) is 29.6 Å². The lowest BCUT2D eigenvalue weighted by Gasteiger charge is -2.54. The highest BCUT2D eigenvalue weighted by atomic mass is 32.2. The highest BCUT2D eigenvalue weighted by Crippen LogP contribution is 2.53. The highest BCUT2D eigenvalue weighted by molar-refractivity contribution is 8.03. The minimum Gasteiger partial charge on any atom is -0.469 e. The second kappa shape index (κ2) is 8.81. The van der Waals surface area contributed by atoms with Crippen molar-refractivity contribution in [3.05, 3.63) is 22.8 Å². The van der Waals surface area contributed by atoms with Crippen molar-refractivity contribution in [3.8, 4) is 0 Å². The fourth-order valence-electron chi connectivity index (χ4n) is 6.97. The SMILES string of the molecule is CCSC1=C(C(=O)NC2C3CC4CC(C3)CC2C4)C=CC(N2CCC(C(=O)OC)C2)N1. The molecule has 7 heteroatoms. The van der Waals surface area contributed by atoms with Crippen molar-refractivity contribution in [3.63, 3.8) is 0 Å². The lowest BCUT2D eigenvalue weighted by molar-refractivity contribution is -0.145. The Morgan fingerprint density at radius 2 is 1.90 bits per heavy atom. The molecule has 6 aliphatic rings. The summed E-state index contributed by atoms with van der Waals surface area (Å²) >= 11 is 1.69. The van der Waals surface area contributed by atoms with Gasteiger partial charge in [-0.05, 0) is 80.1 Å². The molecule has 0 spiro atoms. The normalized spacial score (nSPS) is 39.0. The fraction of sp³-hybridized carbons (Fsp3) is 0.750. The minimum absolute atomic E-state index is 0.0152. The van der Waals surface area contributed by atoms with Crippen LogP contribution < -0.4 is 10.6 Å². The molecule has 5 fully saturated rings. The van der Waals surface area contributed by atoms with Gasteiger partial charge in [0.1, 0.15) is 0 Å². The largest absolute Gasteiger partial charge is 0.469 e. The van der Waals surface area contributed by atoms with Gasteiger partial charge in [0.15, 0.2) is 0 Å². The summed E-state index contributed by atoms with van der Waals surface area (Å²) in [4.78, 5) is 27.5. The number of methoxy groups -OCH3 is 1. The third-order valence-corrected chi connectivity index (χ3v) is 9.09. The van der Waals surface area contributed by atoms with Crippen LogP contribution in [-0.4, -0.2) is 54.9 Å². The van der Waals surface area contributed by atoms with Crippen molar-refractivity contribution in [1.29, 1.82) is 0 Å². The molecule has 2 atom stereocenters. The van der Waals surface area contributed by atoms with Crippen molar-refractivity contribution in [2.75, 3.05) is 26.0 Å². The van der Waals surface area contributed by atoms with E-state index in [0.29, 0.717) is 24.4 Å². The predicted molar refractivity (Wildman–Crippen MR) is 122 cm³/mol. The van der Waals surface area contributed by atoms with E-state index in [1.54, 1.807) is 11.8 Å². The van der Waals surface area contributed by atoms with Gasteiger partial charge in [0.2, 0.25) is 0 Å². The molecular formula is C24H35N3O3S. The number of dihydropyridines is 1. The van der Waals surface area contributed by atoms with Crippen LogP contribution in [0.1, 0.15) is 45.4 Å². The van der Waals surface area contributed by atoms with Crippen LogP contribution in [-0.2, 0) is 14.3 Å². The lowest BCUT2D eigenvalue weighted by atomic mass is 9.54. The van der Waals surface area contributed by atoms with Crippen LogP contribution in [0.2, 0.25) is 0 Å². The van der Waals surface area contributed by atoms with Gasteiger partial charge >= 0.3 is 5.97 Å². The topological polar surface area (TPSA) is 70.7 Å². The maximum Gasteiger partial charge on any atom is 0.310 e. The summed E-state index contributed by atoms with van der Waals surface area (Å²) in [6.07, 6.45) is 11.6. The standard InChI is InChI=1S/C24H35N3O3S/c1-3-31-23-19(4-5-20(25-23)27-7-6-16(13-27)24(29)30-2)22(28)26-21-17-9-14-8-15(11-17)12-18(21)10-14/h4-5,14-18,20-21,25H,3,6-13H2,1-2H3,(H,26,28). The second-order valence-electron chi connectivity index (χ2n) is 10.1. The monoisotopic (exact) mass is 445 g/mol. The van der Waals surface area contributed by atoms with Crippen LogP contribution in [0.15, 0.2) is 22.8 Å². The van der Waals surface area contributed by atoms with Gasteiger partial charge in [0, 0.05) is 19.1 Å². The number of carbonyl (C=O) groups excluding carboxylic acids is 2. The second-order valence-corrected chi connectivity index (χ2v) is 11.3. The molecule has 0 radical (unpaired) electrons. The smallest absolute Gasteiger partial charge is 0.310 e. The summed E-state index contributed by atoms with van der Waals surface area (Å²) in [5.41, 5.74) is 0.764. The van der Waals surface area contributed by atoms with Gasteiger partial charge in [-0.25, -0.2) is 0 Å². The molecule has 4 bridgehead atoms. The Hall–Kier alpha value is -1.47. The number of ether oxygens (including phenoxy) is 1. The first-order chi connectivity index (χ1) is 15.1. The quantitative estimate of drug-likeness (QED) is 0.613. The van der Waals surface area contributed by atoms with Crippen LogP contribution >= 0.6 is 11.8 Å². The van der Waals surface area contributed by atoms with Crippen molar-refractivity contribution in [1.82, 2.24) is 15.5 Å². The van der Waals surface area contributed by atoms with E-state index < -0.39 is 0 Å². The third-order valence-electron chi connectivity index (χ3n) is 8.17. The van der Waals surface area contributed by atoms with E-state index in [1.807, 2.05) is 6.08 Å². The van der Waals surface area contributed by atoms with Gasteiger partial charge < -0.3 is 15.4 Å². The minimum atomic E-state index is -0.128. The van der Waals surface area contributed by atoms with Crippen molar-refractivity contribution < 1.29 is 14.3 Å². The van der Waals surface area contributed by atoms with Gasteiger partial charge in [0.25, 0.3) is 5.91 Å². The van der Waals surface area contributed by atoms with Crippen molar-refractivity contribution in [2.45, 2.75) is 57.7 Å². The highest BCUT2D eigenvalue weighted by Gasteiger charge is 2.48. The molecule has 4 aliphatic carbocycles. The van der Waals surface area contributed by atoms with E-state index in [0.717, 1.165) is 41.2 Å². The maximum atomic E-state index is 13.3. The van der Waals surface area contributed by atoms with Crippen molar-refractivity contribution >= 4 is 23.6 Å². The number of hydrogen-bond donors (Lipinski definition) is 2. The fourth-order valence-corrected chi connectivity index (χ4v) is 7.78. The first-order valence-corrected chi connectivity index (χ1v) is 13.0. The van der Waals surface area contributed by atoms with Crippen LogP contribution in [0.25, 0.3) is 0 Å². The summed E-state index contributed by atoms with van der Waals surface area (Å²) < 4.78 is 4.92. The molecule has 2 heterocycles. The number of esters is 1. The molecule has 1 amide bonds. The van der Waals surface area contributed by atoms with E-state index in [2.05, 4.69) is 28.5 Å². The zero-order valence-corrected chi connectivity index (χ0v) is 19.5. The van der Waals surface area contributed by atoms with Crippen LogP contribution in [0, 0.1) is 29.6 Å². The number of amides is 1. The number of hydrogen-bond acceptors (Lipinski definition) is 6. The summed E-state index contributed by atoms with van der Waals surface area (Å²) in [5, 5.41) is 7.99. The van der Waals surface area contributed by atoms with E-state index in [4.69, 9.17) is 4.74 Å². The molecule has 2 unspecified atom stereocenters. The Morgan fingerprint density at radius 3 is 2.55 bits per heavy atom. The van der Waals surface area contributed by atoms with E-state index in [9.17, 15) is 9.59 Å². The molecule has 1 saturated heterocycles. The van der Waals surface area contributed by atoms with E-state index in [1.165, 1.54) is 39.2 Å². The van der Waals surface area contributed by atoms with Gasteiger partial charge in [-0.2, -0.15) is 0 Å². The Labute approximate surface area is 189 Å². The Kier molecular flexibility index (Phi) is 6.08. The summed E-state index contributed by atoms with van der Waals surface area (Å²) in [6, 6.07) is 0.353. The zero-order chi connectivity index (χ0) is 21.5. The number of nitrogens with zero attached hydrogens (tertiary/aromatic N) is 1. The van der Waals surface area contributed by atoms with Gasteiger partial charge in [-0.3, -0.25) is 14.5 Å². The number of rotatable bonds is 6. The summed E-state index contributed by atoms with van der Waals surface area (Å²) in [5.74, 6) is 3.96. The molecule has 0 aromatic rings. The Balaban J connectivity index is 1.25. The van der Waals surface area contributed by atoms with E-state index in [-0.39, 0.29) is 24.0 Å². The van der Waals surface area contributed by atoms with E-state index >= 15 is 0 Å². The molecular weight excluding hydrogens is 410 g/mol. The number of thioether (sulfide) groups is 1. The molecule has 170 valence electrons. The molecule has 6 nitrogen and oxygen atoms in total. The maximum absolute atomic E-state index is 13.3. The zero-order valence-electron chi connectivity index (χ0n) is 18.6. The van der Waals surface area contributed by atoms with Crippen LogP contribution in [0.5, 0.6) is 0 Å². The third kappa shape index (κ3) is 4.15. The van der Waals surface area contributed by atoms with Crippen LogP contribution in [0.4, 0.5) is 0 Å². The molecule has 0 aromatic heterocycles. The molecule has 4 saturated carbocycles. The summed E-state index contributed by atoms with van der Waals surface area (Å²) in [7, 11) is 1.46. The Bertz CT molecular complexity index is 767. The lowest BCUT2D eigenvalue weighted by Crippen LogP contribution is -2.56. The number of carbonyl (C=O) groups is 2. The summed E-state index contributed by atoms with van der Waals surface area (Å²) in [6.45, 7) is 3.65. The molecule has 0 aromatic carbocycles. The number of nitrogens with one attached hydrogen (secondary N) is 2. The molecule has 31 heavy (non-hydrogen) atoms. The molecule has 2 aliphatic heterocycles. The van der Waals surface area contributed by atoms with Crippen LogP contribution in [0.3, 0.4) is 0 Å². The molecule has 6 rings (SSSR count).